The van der Waals surface area contributed by atoms with Gasteiger partial charge in [-0.15, -0.1) is 11.3 Å². The fourth-order valence-corrected chi connectivity index (χ4v) is 3.77. The Morgan fingerprint density at radius 3 is 2.48 bits per heavy atom. The van der Waals surface area contributed by atoms with Crippen LogP contribution in [0, 0.1) is 0 Å². The van der Waals surface area contributed by atoms with E-state index in [2.05, 4.69) is 86.3 Å². The second-order valence-corrected chi connectivity index (χ2v) is 8.01. The Balaban J connectivity index is 2.28. The lowest BCUT2D eigenvalue weighted by molar-refractivity contribution is 0.149. The van der Waals surface area contributed by atoms with Crippen LogP contribution in [0.4, 0.5) is 0 Å². The average molecular weight is 432 g/mol. The Kier molecular flexibility index (Phi) is 6.44. The van der Waals surface area contributed by atoms with Crippen LogP contribution in [0.5, 0.6) is 0 Å². The molecule has 114 valence electrons. The van der Waals surface area contributed by atoms with Crippen molar-refractivity contribution in [3.8, 4) is 0 Å². The number of benzene rings is 1. The maximum atomic E-state index is 6.10. The molecular formula is C16H20Br2N2S. The summed E-state index contributed by atoms with van der Waals surface area (Å²) in [6.45, 7) is 6.00. The summed E-state index contributed by atoms with van der Waals surface area (Å²) in [5.41, 5.74) is 7.34. The normalized spacial score (nSPS) is 13.1. The fraction of sp³-hybridized carbons (Fsp3) is 0.375. The predicted molar refractivity (Wildman–Crippen MR) is 98.6 cm³/mol. The van der Waals surface area contributed by atoms with Gasteiger partial charge in [-0.3, -0.25) is 4.90 Å². The summed E-state index contributed by atoms with van der Waals surface area (Å²) in [6.07, 6.45) is 0. The van der Waals surface area contributed by atoms with Crippen LogP contribution in [0.2, 0.25) is 0 Å². The van der Waals surface area contributed by atoms with Gasteiger partial charge in [-0.25, -0.2) is 0 Å². The number of halogens is 2. The molecule has 0 aliphatic rings. The Morgan fingerprint density at radius 1 is 1.19 bits per heavy atom. The van der Waals surface area contributed by atoms with Crippen molar-refractivity contribution in [2.75, 3.05) is 6.54 Å². The molecule has 1 aromatic heterocycles. The second-order valence-electron chi connectivity index (χ2n) is 5.27. The number of rotatable bonds is 6. The van der Waals surface area contributed by atoms with E-state index < -0.39 is 0 Å². The van der Waals surface area contributed by atoms with Gasteiger partial charge in [0.05, 0.1) is 0 Å². The monoisotopic (exact) mass is 430 g/mol. The fourth-order valence-electron chi connectivity index (χ4n) is 2.42. The SMILES string of the molecule is CC(C)N(Cc1cccs1)C(CN)c1ccc(Br)c(Br)c1. The van der Waals surface area contributed by atoms with E-state index in [1.54, 1.807) is 11.3 Å². The third-order valence-corrected chi connectivity index (χ3v) is 6.27. The molecule has 0 spiro atoms. The molecule has 1 heterocycles. The Bertz CT molecular complexity index is 570. The summed E-state index contributed by atoms with van der Waals surface area (Å²) in [4.78, 5) is 3.83. The van der Waals surface area contributed by atoms with Gasteiger partial charge in [0.2, 0.25) is 0 Å². The summed E-state index contributed by atoms with van der Waals surface area (Å²) in [5, 5.41) is 2.13. The van der Waals surface area contributed by atoms with Crippen molar-refractivity contribution in [1.82, 2.24) is 4.90 Å². The zero-order chi connectivity index (χ0) is 15.4. The minimum absolute atomic E-state index is 0.219. The predicted octanol–water partition coefficient (Wildman–Crippen LogP) is 5.18. The lowest BCUT2D eigenvalue weighted by atomic mass is 10.0. The molecule has 1 aromatic carbocycles. The van der Waals surface area contributed by atoms with E-state index in [0.29, 0.717) is 12.6 Å². The lowest BCUT2D eigenvalue weighted by Crippen LogP contribution is -2.38. The van der Waals surface area contributed by atoms with Gasteiger partial charge in [0, 0.05) is 39.0 Å². The van der Waals surface area contributed by atoms with Crippen LogP contribution in [-0.4, -0.2) is 17.5 Å². The van der Waals surface area contributed by atoms with Crippen molar-refractivity contribution in [2.45, 2.75) is 32.5 Å². The molecule has 0 saturated heterocycles. The molecule has 2 N–H and O–H groups in total. The summed E-state index contributed by atoms with van der Waals surface area (Å²) in [7, 11) is 0. The third-order valence-electron chi connectivity index (χ3n) is 3.53. The molecule has 0 amide bonds. The number of hydrogen-bond acceptors (Lipinski definition) is 3. The molecule has 0 bridgehead atoms. The second kappa shape index (κ2) is 7.88. The zero-order valence-corrected chi connectivity index (χ0v) is 16.2. The van der Waals surface area contributed by atoms with Gasteiger partial charge in [-0.1, -0.05) is 12.1 Å². The van der Waals surface area contributed by atoms with Crippen LogP contribution in [0.1, 0.15) is 30.3 Å². The van der Waals surface area contributed by atoms with Crippen LogP contribution in [-0.2, 0) is 6.54 Å². The smallest absolute Gasteiger partial charge is 0.0477 e. The first-order chi connectivity index (χ1) is 10.0. The van der Waals surface area contributed by atoms with Crippen LogP contribution in [0.25, 0.3) is 0 Å². The van der Waals surface area contributed by atoms with Crippen LogP contribution < -0.4 is 5.73 Å². The minimum Gasteiger partial charge on any atom is -0.329 e. The van der Waals surface area contributed by atoms with Crippen molar-refractivity contribution in [3.63, 3.8) is 0 Å². The van der Waals surface area contributed by atoms with Crippen molar-refractivity contribution in [1.29, 1.82) is 0 Å². The van der Waals surface area contributed by atoms with Crippen molar-refractivity contribution in [2.24, 2.45) is 5.73 Å². The highest BCUT2D eigenvalue weighted by Gasteiger charge is 2.22. The molecule has 0 aliphatic carbocycles. The molecule has 0 saturated carbocycles. The van der Waals surface area contributed by atoms with E-state index in [1.807, 2.05) is 0 Å². The van der Waals surface area contributed by atoms with E-state index >= 15 is 0 Å². The van der Waals surface area contributed by atoms with Crippen molar-refractivity contribution < 1.29 is 0 Å². The minimum atomic E-state index is 0.219. The van der Waals surface area contributed by atoms with Crippen molar-refractivity contribution >= 4 is 43.2 Å². The zero-order valence-electron chi connectivity index (χ0n) is 12.2. The molecular weight excluding hydrogens is 412 g/mol. The topological polar surface area (TPSA) is 29.3 Å². The maximum absolute atomic E-state index is 6.10. The van der Waals surface area contributed by atoms with E-state index in [1.165, 1.54) is 10.4 Å². The highest BCUT2D eigenvalue weighted by molar-refractivity contribution is 9.13. The lowest BCUT2D eigenvalue weighted by Gasteiger charge is -2.34. The Hall–Kier alpha value is -0.200. The van der Waals surface area contributed by atoms with Crippen LogP contribution in [0.15, 0.2) is 44.7 Å². The molecule has 1 atom stereocenters. The molecule has 2 nitrogen and oxygen atoms in total. The first-order valence-electron chi connectivity index (χ1n) is 6.96. The number of hydrogen-bond donors (Lipinski definition) is 1. The summed E-state index contributed by atoms with van der Waals surface area (Å²) in [6, 6.07) is 11.3. The van der Waals surface area contributed by atoms with E-state index in [9.17, 15) is 0 Å². The number of thiophene rings is 1. The molecule has 0 fully saturated rings. The molecule has 1 unspecified atom stereocenters. The van der Waals surface area contributed by atoms with Crippen LogP contribution in [0.3, 0.4) is 0 Å². The summed E-state index contributed by atoms with van der Waals surface area (Å²) in [5.74, 6) is 0. The molecule has 0 radical (unpaired) electrons. The highest BCUT2D eigenvalue weighted by atomic mass is 79.9. The largest absolute Gasteiger partial charge is 0.329 e. The quantitative estimate of drug-likeness (QED) is 0.682. The van der Waals surface area contributed by atoms with Gasteiger partial charge < -0.3 is 5.73 Å². The molecule has 21 heavy (non-hydrogen) atoms. The third kappa shape index (κ3) is 4.39. The molecule has 2 rings (SSSR count). The molecule has 0 aliphatic heterocycles. The summed E-state index contributed by atoms with van der Waals surface area (Å²) < 4.78 is 2.13. The number of nitrogens with zero attached hydrogens (tertiary/aromatic N) is 1. The van der Waals surface area contributed by atoms with Gasteiger partial charge >= 0.3 is 0 Å². The van der Waals surface area contributed by atoms with Crippen molar-refractivity contribution in [3.05, 3.63) is 55.1 Å². The Labute approximate surface area is 147 Å². The first kappa shape index (κ1) is 17.2. The van der Waals surface area contributed by atoms with Gasteiger partial charge in [-0.05, 0) is 74.8 Å². The van der Waals surface area contributed by atoms with Gasteiger partial charge in [0.15, 0.2) is 0 Å². The summed E-state index contributed by atoms with van der Waals surface area (Å²) >= 11 is 8.91. The van der Waals surface area contributed by atoms with Gasteiger partial charge in [0.25, 0.3) is 0 Å². The van der Waals surface area contributed by atoms with Crippen LogP contribution >= 0.6 is 43.2 Å². The first-order valence-corrected chi connectivity index (χ1v) is 9.42. The van der Waals surface area contributed by atoms with Gasteiger partial charge in [0.1, 0.15) is 0 Å². The molecule has 2 aromatic rings. The average Bonchev–Trinajstić information content (AvgIpc) is 2.95. The van der Waals surface area contributed by atoms with E-state index in [0.717, 1.165) is 15.5 Å². The standard InChI is InChI=1S/C16H20Br2N2S/c1-11(2)20(10-13-4-3-7-21-13)16(9-19)12-5-6-14(17)15(18)8-12/h3-8,11,16H,9-10,19H2,1-2H3. The number of nitrogens with two attached hydrogens (primary N) is 1. The van der Waals surface area contributed by atoms with E-state index in [-0.39, 0.29) is 6.04 Å². The van der Waals surface area contributed by atoms with Gasteiger partial charge in [-0.2, -0.15) is 0 Å². The Morgan fingerprint density at radius 2 is 1.95 bits per heavy atom. The highest BCUT2D eigenvalue weighted by Crippen LogP contribution is 2.30. The van der Waals surface area contributed by atoms with E-state index in [4.69, 9.17) is 5.73 Å². The maximum Gasteiger partial charge on any atom is 0.0477 e. The molecule has 5 heteroatoms.